The van der Waals surface area contributed by atoms with Crippen LogP contribution in [0.5, 0.6) is 0 Å². The number of halogens is 2. The Hall–Kier alpha value is -0.616. The van der Waals surface area contributed by atoms with Crippen LogP contribution >= 0.6 is 23.2 Å². The Morgan fingerprint density at radius 3 is 1.90 bits per heavy atom. The van der Waals surface area contributed by atoms with Gasteiger partial charge in [-0.1, -0.05) is 70.8 Å². The molecule has 0 spiro atoms. The van der Waals surface area contributed by atoms with Crippen LogP contribution in [0.3, 0.4) is 0 Å². The van der Waals surface area contributed by atoms with Gasteiger partial charge in [0.25, 0.3) is 0 Å². The van der Waals surface area contributed by atoms with Gasteiger partial charge in [-0.2, -0.15) is 0 Å². The minimum absolute atomic E-state index is 0.0809. The lowest BCUT2D eigenvalue weighted by molar-refractivity contribution is -0.123. The van der Waals surface area contributed by atoms with E-state index in [0.717, 1.165) is 5.56 Å². The second kappa shape index (κ2) is 13.1. The molecule has 0 saturated carbocycles. The maximum absolute atomic E-state index is 12.4. The van der Waals surface area contributed by atoms with Crippen molar-refractivity contribution in [2.45, 2.75) is 116 Å². The van der Waals surface area contributed by atoms with Crippen molar-refractivity contribution in [3.05, 3.63) is 33.8 Å². The van der Waals surface area contributed by atoms with Gasteiger partial charge in [0.05, 0.1) is 23.2 Å². The van der Waals surface area contributed by atoms with Crippen LogP contribution in [0, 0.1) is 0 Å². The number of rotatable bonds is 5. The quantitative estimate of drug-likeness (QED) is 0.332. The monoisotopic (exact) mass is 621 g/mol. The zero-order chi connectivity index (χ0) is 30.7. The summed E-state index contributed by atoms with van der Waals surface area (Å²) >= 11 is 12.1. The van der Waals surface area contributed by atoms with Crippen molar-refractivity contribution in [1.29, 1.82) is 0 Å². The maximum atomic E-state index is 12.4. The highest BCUT2D eigenvalue weighted by Gasteiger charge is 2.46. The average Bonchev–Trinajstić information content (AvgIpc) is 2.73. The molecule has 1 saturated heterocycles. The van der Waals surface area contributed by atoms with E-state index in [1.807, 2.05) is 26.8 Å². The van der Waals surface area contributed by atoms with E-state index in [0.29, 0.717) is 39.7 Å². The van der Waals surface area contributed by atoms with Gasteiger partial charge in [-0.3, -0.25) is 0 Å². The summed E-state index contributed by atoms with van der Waals surface area (Å²) in [5.74, 6) is 0. The van der Waals surface area contributed by atoms with Gasteiger partial charge in [0.15, 0.2) is 16.6 Å². The Morgan fingerprint density at radius 2 is 1.49 bits per heavy atom. The molecule has 39 heavy (non-hydrogen) atoms. The van der Waals surface area contributed by atoms with E-state index in [9.17, 15) is 9.90 Å². The number of carbonyl (C=O) groups excluding carboxylic acids is 1. The largest absolute Gasteiger partial charge is 0.455 e. The molecule has 10 heteroatoms. The van der Waals surface area contributed by atoms with Gasteiger partial charge in [-0.15, -0.1) is 0 Å². The molecule has 0 bridgehead atoms. The van der Waals surface area contributed by atoms with E-state index in [4.69, 9.17) is 36.8 Å². The molecule has 1 aromatic carbocycles. The van der Waals surface area contributed by atoms with E-state index in [2.05, 4.69) is 67.7 Å². The summed E-state index contributed by atoms with van der Waals surface area (Å²) < 4.78 is 18.1. The molecule has 1 fully saturated rings. The summed E-state index contributed by atoms with van der Waals surface area (Å²) in [6, 6.07) is 5.22. The number of benzene rings is 1. The molecule has 1 aromatic rings. The lowest BCUT2D eigenvalue weighted by Gasteiger charge is -2.47. The molecule has 1 amide bonds. The minimum atomic E-state index is -1.59. The number of nitrogens with zero attached hydrogens (tertiary/aromatic N) is 1. The Balaban J connectivity index is 0.000000439. The molecular formula is C29H53Cl2NO5Si2. The van der Waals surface area contributed by atoms with Crippen LogP contribution < -0.4 is 0 Å². The third kappa shape index (κ3) is 10.3. The van der Waals surface area contributed by atoms with Crippen LogP contribution in [-0.4, -0.2) is 64.6 Å². The van der Waals surface area contributed by atoms with Gasteiger partial charge >= 0.3 is 6.09 Å². The van der Waals surface area contributed by atoms with Crippen molar-refractivity contribution < 1.29 is 23.5 Å². The minimum Gasteiger partial charge on any atom is -0.455 e. The first-order valence-electron chi connectivity index (χ1n) is 13.8. The van der Waals surface area contributed by atoms with Gasteiger partial charge in [-0.05, 0) is 74.7 Å². The summed E-state index contributed by atoms with van der Waals surface area (Å²) in [7, 11) is -3.18. The predicted molar refractivity (Wildman–Crippen MR) is 169 cm³/mol. The SMILES string of the molecule is CC(C)(C)OC(=O)N1CCO[C@](CCO)(c2ccc(Cl)c(Cl)c2)C1.CC(C)(C)[Si](C)(C)O[Si](C)(C)C(C)(C)C. The summed E-state index contributed by atoms with van der Waals surface area (Å²) in [6.45, 7) is 29.7. The first-order valence-corrected chi connectivity index (χ1v) is 20.3. The zero-order valence-corrected chi connectivity index (χ0v) is 30.1. The number of ether oxygens (including phenoxy) is 2. The fourth-order valence-corrected chi connectivity index (χ4v) is 11.5. The normalized spacial score (nSPS) is 19.3. The topological polar surface area (TPSA) is 68.2 Å². The number of hydrogen-bond donors (Lipinski definition) is 1. The van der Waals surface area contributed by atoms with Crippen molar-refractivity contribution in [3.8, 4) is 0 Å². The number of morpholine rings is 1. The third-order valence-electron chi connectivity index (χ3n) is 7.92. The highest BCUT2D eigenvalue weighted by atomic mass is 35.5. The molecule has 1 N–H and O–H groups in total. The van der Waals surface area contributed by atoms with E-state index >= 15 is 0 Å². The highest BCUT2D eigenvalue weighted by Crippen LogP contribution is 2.44. The molecule has 226 valence electrons. The Labute approximate surface area is 249 Å². The van der Waals surface area contributed by atoms with Gasteiger partial charge in [-0.25, -0.2) is 4.79 Å². The van der Waals surface area contributed by atoms with Crippen molar-refractivity contribution >= 4 is 45.9 Å². The van der Waals surface area contributed by atoms with Crippen LogP contribution in [0.15, 0.2) is 18.2 Å². The smallest absolute Gasteiger partial charge is 0.410 e. The highest BCUT2D eigenvalue weighted by molar-refractivity contribution is 6.87. The summed E-state index contributed by atoms with van der Waals surface area (Å²) in [5.41, 5.74) is -0.629. The van der Waals surface area contributed by atoms with Crippen LogP contribution in [0.2, 0.25) is 46.3 Å². The molecule has 1 aliphatic rings. The second-order valence-corrected chi connectivity index (χ2v) is 25.1. The number of carbonyl (C=O) groups is 1. The van der Waals surface area contributed by atoms with Gasteiger partial charge in [0, 0.05) is 19.6 Å². The van der Waals surface area contributed by atoms with Crippen molar-refractivity contribution in [2.24, 2.45) is 0 Å². The molecule has 0 radical (unpaired) electrons. The number of amides is 1. The zero-order valence-electron chi connectivity index (χ0n) is 26.6. The van der Waals surface area contributed by atoms with E-state index in [-0.39, 0.29) is 13.2 Å². The van der Waals surface area contributed by atoms with Crippen molar-refractivity contribution in [2.75, 3.05) is 26.3 Å². The number of aliphatic hydroxyl groups is 1. The molecule has 0 unspecified atom stereocenters. The maximum Gasteiger partial charge on any atom is 0.410 e. The predicted octanol–water partition coefficient (Wildman–Crippen LogP) is 8.85. The fourth-order valence-electron chi connectivity index (χ4n) is 3.64. The van der Waals surface area contributed by atoms with E-state index in [1.54, 1.807) is 17.0 Å². The lowest BCUT2D eigenvalue weighted by atomic mass is 9.88. The van der Waals surface area contributed by atoms with Crippen LogP contribution in [-0.2, 0) is 19.2 Å². The van der Waals surface area contributed by atoms with Crippen molar-refractivity contribution in [1.82, 2.24) is 4.90 Å². The van der Waals surface area contributed by atoms with Gasteiger partial charge in [0.2, 0.25) is 0 Å². The van der Waals surface area contributed by atoms with Gasteiger partial charge in [0.1, 0.15) is 11.2 Å². The van der Waals surface area contributed by atoms with Crippen LogP contribution in [0.25, 0.3) is 0 Å². The second-order valence-electron chi connectivity index (χ2n) is 14.5. The van der Waals surface area contributed by atoms with Crippen LogP contribution in [0.4, 0.5) is 4.79 Å². The molecular weight excluding hydrogens is 569 g/mol. The van der Waals surface area contributed by atoms with Gasteiger partial charge < -0.3 is 23.6 Å². The van der Waals surface area contributed by atoms with E-state index in [1.165, 1.54) is 0 Å². The lowest BCUT2D eigenvalue weighted by Crippen LogP contribution is -2.53. The average molecular weight is 623 g/mol. The van der Waals surface area contributed by atoms with Crippen molar-refractivity contribution in [3.63, 3.8) is 0 Å². The molecule has 1 atom stereocenters. The first kappa shape index (κ1) is 36.4. The fraction of sp³-hybridized carbons (Fsp3) is 0.759. The molecule has 0 aliphatic carbocycles. The Bertz CT molecular complexity index is 940. The summed E-state index contributed by atoms with van der Waals surface area (Å²) in [5, 5.41) is 11.0. The number of aliphatic hydroxyl groups excluding tert-OH is 1. The Kier molecular flexibility index (Phi) is 12.3. The first-order chi connectivity index (χ1) is 17.4. The van der Waals surface area contributed by atoms with E-state index < -0.39 is 33.9 Å². The Morgan fingerprint density at radius 1 is 0.974 bits per heavy atom. The standard InChI is InChI=1S/C17H23Cl2NO4.C12H30OSi2/c1-16(2,3)24-15(22)20-7-9-23-17(11-20,6-8-21)12-4-5-13(18)14(19)10-12;1-11(2,3)14(7,8)13-15(9,10)12(4,5)6/h4-5,10,21H,6-9,11H2,1-3H3;1-10H3/t17-;/m0./s1. The van der Waals surface area contributed by atoms with Crippen LogP contribution in [0.1, 0.15) is 74.3 Å². The molecule has 1 aliphatic heterocycles. The molecule has 6 nitrogen and oxygen atoms in total. The molecule has 1 heterocycles. The summed E-state index contributed by atoms with van der Waals surface area (Å²) in [6.07, 6.45) is -0.0576. The third-order valence-corrected chi connectivity index (χ3v) is 20.0. The molecule has 0 aromatic heterocycles. The molecule has 2 rings (SSSR count). The number of hydrogen-bond acceptors (Lipinski definition) is 5. The summed E-state index contributed by atoms with van der Waals surface area (Å²) in [4.78, 5) is 14.0.